The van der Waals surface area contributed by atoms with E-state index < -0.39 is 0 Å². The van der Waals surface area contributed by atoms with Crippen LogP contribution in [0, 0.1) is 0 Å². The van der Waals surface area contributed by atoms with Crippen molar-refractivity contribution in [2.75, 3.05) is 37.6 Å². The van der Waals surface area contributed by atoms with E-state index in [1.807, 2.05) is 37.3 Å². The quantitative estimate of drug-likeness (QED) is 0.779. The number of fused-ring (bicyclic) bond motifs is 1. The third-order valence-corrected chi connectivity index (χ3v) is 4.70. The Hall–Kier alpha value is -2.57. The largest absolute Gasteiger partial charge is 0.392 e. The highest BCUT2D eigenvalue weighted by molar-refractivity contribution is 5.91. The molecule has 6 nitrogen and oxygen atoms in total. The molecule has 134 valence electrons. The molecule has 0 saturated carbocycles. The summed E-state index contributed by atoms with van der Waals surface area (Å²) in [4.78, 5) is 18.4. The molecule has 3 aromatic rings. The fraction of sp³-hybridized carbons (Fsp3) is 0.350. The van der Waals surface area contributed by atoms with Crippen LogP contribution in [0.1, 0.15) is 6.92 Å². The Morgan fingerprint density at radius 3 is 2.58 bits per heavy atom. The van der Waals surface area contributed by atoms with E-state index in [-0.39, 0.29) is 6.10 Å². The number of rotatable bonds is 4. The summed E-state index contributed by atoms with van der Waals surface area (Å²) in [5, 5.41) is 10.7. The molecule has 1 atom stereocenters. The van der Waals surface area contributed by atoms with Gasteiger partial charge in [0.2, 0.25) is 0 Å². The average Bonchev–Trinajstić information content (AvgIpc) is 2.68. The molecule has 1 aliphatic rings. The van der Waals surface area contributed by atoms with Crippen molar-refractivity contribution in [3.8, 4) is 11.4 Å². The van der Waals surface area contributed by atoms with Gasteiger partial charge in [-0.25, -0.2) is 9.97 Å². The van der Waals surface area contributed by atoms with Crippen LogP contribution in [0.5, 0.6) is 0 Å². The lowest BCUT2D eigenvalue weighted by Crippen LogP contribution is -2.48. The summed E-state index contributed by atoms with van der Waals surface area (Å²) in [6, 6.07) is 12.0. The van der Waals surface area contributed by atoms with Crippen LogP contribution in [0.25, 0.3) is 22.3 Å². The van der Waals surface area contributed by atoms with Gasteiger partial charge in [0, 0.05) is 56.1 Å². The van der Waals surface area contributed by atoms with Crippen molar-refractivity contribution in [3.63, 3.8) is 0 Å². The molecule has 6 heteroatoms. The Balaban J connectivity index is 1.68. The molecule has 1 fully saturated rings. The van der Waals surface area contributed by atoms with Crippen molar-refractivity contribution in [1.29, 1.82) is 0 Å². The smallest absolute Gasteiger partial charge is 0.163 e. The molecule has 4 rings (SSSR count). The van der Waals surface area contributed by atoms with Gasteiger partial charge in [-0.05, 0) is 31.2 Å². The predicted molar refractivity (Wildman–Crippen MR) is 103 cm³/mol. The molecular weight excluding hydrogens is 326 g/mol. The zero-order chi connectivity index (χ0) is 17.9. The van der Waals surface area contributed by atoms with E-state index in [0.717, 1.165) is 55.0 Å². The summed E-state index contributed by atoms with van der Waals surface area (Å²) < 4.78 is 0. The highest BCUT2D eigenvalue weighted by atomic mass is 16.3. The Bertz CT molecular complexity index is 876. The standard InChI is InChI=1S/C20H23N5O/c1-15(26)14-24-9-11-25(12-10-24)20-17-6-2-3-7-18(17)22-19(23-20)16-5-4-8-21-13-16/h2-8,13,15,26H,9-12,14H2,1H3/t15-/m1/s1. The predicted octanol–water partition coefficient (Wildman–Crippen LogP) is 2.19. The van der Waals surface area contributed by atoms with Crippen molar-refractivity contribution in [2.24, 2.45) is 0 Å². The van der Waals surface area contributed by atoms with Crippen molar-refractivity contribution in [1.82, 2.24) is 19.9 Å². The number of para-hydroxylation sites is 1. The first-order chi connectivity index (χ1) is 12.7. The molecule has 1 saturated heterocycles. The number of piperazine rings is 1. The number of β-amino-alcohol motifs (C(OH)–C–C–N with tert-alkyl or cyclic N) is 1. The van der Waals surface area contributed by atoms with Gasteiger partial charge in [-0.2, -0.15) is 0 Å². The lowest BCUT2D eigenvalue weighted by molar-refractivity contribution is 0.122. The summed E-state index contributed by atoms with van der Waals surface area (Å²) in [5.74, 6) is 1.68. The van der Waals surface area contributed by atoms with Gasteiger partial charge in [-0.15, -0.1) is 0 Å². The molecule has 1 aromatic carbocycles. The Kier molecular flexibility index (Phi) is 4.77. The fourth-order valence-electron chi connectivity index (χ4n) is 3.44. The van der Waals surface area contributed by atoms with E-state index in [9.17, 15) is 5.11 Å². The minimum absolute atomic E-state index is 0.293. The van der Waals surface area contributed by atoms with Crippen molar-refractivity contribution >= 4 is 16.7 Å². The van der Waals surface area contributed by atoms with Crippen LogP contribution in [0.2, 0.25) is 0 Å². The summed E-state index contributed by atoms with van der Waals surface area (Å²) >= 11 is 0. The van der Waals surface area contributed by atoms with Crippen LogP contribution in [-0.2, 0) is 0 Å². The van der Waals surface area contributed by atoms with Crippen LogP contribution >= 0.6 is 0 Å². The Morgan fingerprint density at radius 1 is 1.04 bits per heavy atom. The summed E-state index contributed by atoms with van der Waals surface area (Å²) in [6.45, 7) is 6.18. The second-order valence-corrected chi connectivity index (χ2v) is 6.77. The Morgan fingerprint density at radius 2 is 1.85 bits per heavy atom. The van der Waals surface area contributed by atoms with Crippen LogP contribution < -0.4 is 4.90 Å². The molecule has 26 heavy (non-hydrogen) atoms. The highest BCUT2D eigenvalue weighted by Crippen LogP contribution is 2.28. The van der Waals surface area contributed by atoms with Crippen molar-refractivity contribution < 1.29 is 5.11 Å². The highest BCUT2D eigenvalue weighted by Gasteiger charge is 2.21. The second-order valence-electron chi connectivity index (χ2n) is 6.77. The van der Waals surface area contributed by atoms with Gasteiger partial charge in [0.15, 0.2) is 5.82 Å². The van der Waals surface area contributed by atoms with Crippen molar-refractivity contribution in [2.45, 2.75) is 13.0 Å². The molecular formula is C20H23N5O. The molecule has 1 aliphatic heterocycles. The number of anilines is 1. The van der Waals surface area contributed by atoms with Crippen LogP contribution in [0.4, 0.5) is 5.82 Å². The van der Waals surface area contributed by atoms with Crippen LogP contribution in [-0.4, -0.2) is 63.8 Å². The minimum Gasteiger partial charge on any atom is -0.392 e. The van der Waals surface area contributed by atoms with Crippen LogP contribution in [0.3, 0.4) is 0 Å². The van der Waals surface area contributed by atoms with E-state index in [2.05, 4.69) is 20.9 Å². The van der Waals surface area contributed by atoms with Gasteiger partial charge in [-0.3, -0.25) is 9.88 Å². The second kappa shape index (κ2) is 7.35. The monoisotopic (exact) mass is 349 g/mol. The van der Waals surface area contributed by atoms with E-state index in [1.165, 1.54) is 0 Å². The number of nitrogens with zero attached hydrogens (tertiary/aromatic N) is 5. The molecule has 3 heterocycles. The van der Waals surface area contributed by atoms with Crippen LogP contribution in [0.15, 0.2) is 48.8 Å². The molecule has 0 radical (unpaired) electrons. The van der Waals surface area contributed by atoms with Gasteiger partial charge in [0.1, 0.15) is 5.82 Å². The SMILES string of the molecule is C[C@@H](O)CN1CCN(c2nc(-c3cccnc3)nc3ccccc23)CC1. The van der Waals surface area contributed by atoms with E-state index in [4.69, 9.17) is 9.97 Å². The lowest BCUT2D eigenvalue weighted by atomic mass is 10.2. The zero-order valence-electron chi connectivity index (χ0n) is 14.9. The topological polar surface area (TPSA) is 65.4 Å². The molecule has 0 bridgehead atoms. The molecule has 0 spiro atoms. The molecule has 0 unspecified atom stereocenters. The number of aromatic nitrogens is 3. The van der Waals surface area contributed by atoms with Gasteiger partial charge in [-0.1, -0.05) is 12.1 Å². The molecule has 2 aromatic heterocycles. The summed E-state index contributed by atoms with van der Waals surface area (Å²) in [7, 11) is 0. The normalized spacial score (nSPS) is 16.8. The lowest BCUT2D eigenvalue weighted by Gasteiger charge is -2.36. The van der Waals surface area contributed by atoms with Crippen molar-refractivity contribution in [3.05, 3.63) is 48.8 Å². The first-order valence-corrected chi connectivity index (χ1v) is 9.03. The van der Waals surface area contributed by atoms with E-state index in [0.29, 0.717) is 5.82 Å². The number of hydrogen-bond donors (Lipinski definition) is 1. The third kappa shape index (κ3) is 3.52. The van der Waals surface area contributed by atoms with Gasteiger partial charge < -0.3 is 10.0 Å². The number of aliphatic hydroxyl groups excluding tert-OH is 1. The number of hydrogen-bond acceptors (Lipinski definition) is 6. The van der Waals surface area contributed by atoms with E-state index in [1.54, 1.807) is 12.4 Å². The fourth-order valence-corrected chi connectivity index (χ4v) is 3.44. The summed E-state index contributed by atoms with van der Waals surface area (Å²) in [5.41, 5.74) is 1.87. The number of benzene rings is 1. The first-order valence-electron chi connectivity index (χ1n) is 9.03. The maximum atomic E-state index is 9.61. The minimum atomic E-state index is -0.293. The third-order valence-electron chi connectivity index (χ3n) is 4.70. The average molecular weight is 349 g/mol. The molecule has 1 N–H and O–H groups in total. The number of pyridine rings is 1. The number of aliphatic hydroxyl groups is 1. The molecule has 0 amide bonds. The molecule has 0 aliphatic carbocycles. The van der Waals surface area contributed by atoms with E-state index >= 15 is 0 Å². The van der Waals surface area contributed by atoms with Gasteiger partial charge in [0.05, 0.1) is 11.6 Å². The van der Waals surface area contributed by atoms with Gasteiger partial charge >= 0.3 is 0 Å². The maximum Gasteiger partial charge on any atom is 0.163 e. The zero-order valence-corrected chi connectivity index (χ0v) is 14.9. The Labute approximate surface area is 153 Å². The van der Waals surface area contributed by atoms with Gasteiger partial charge in [0.25, 0.3) is 0 Å². The summed E-state index contributed by atoms with van der Waals surface area (Å²) in [6.07, 6.45) is 3.26. The maximum absolute atomic E-state index is 9.61. The first kappa shape index (κ1) is 16.9.